The van der Waals surface area contributed by atoms with Crippen LogP contribution in [-0.2, 0) is 6.42 Å². The van der Waals surface area contributed by atoms with Gasteiger partial charge < -0.3 is 4.74 Å². The van der Waals surface area contributed by atoms with Crippen molar-refractivity contribution in [3.8, 4) is 5.75 Å². The van der Waals surface area contributed by atoms with Gasteiger partial charge in [0.05, 0.1) is 0 Å². The summed E-state index contributed by atoms with van der Waals surface area (Å²) >= 11 is 0. The Bertz CT molecular complexity index is 341. The molecule has 0 heterocycles. The first-order valence-corrected chi connectivity index (χ1v) is 4.49. The molecule has 0 aromatic heterocycles. The van der Waals surface area contributed by atoms with E-state index < -0.39 is 18.0 Å². The van der Waals surface area contributed by atoms with Gasteiger partial charge in [-0.2, -0.15) is 22.0 Å². The largest absolute Gasteiger partial charge is 0.499 e. The van der Waals surface area contributed by atoms with E-state index in [4.69, 9.17) is 0 Å². The van der Waals surface area contributed by atoms with Gasteiger partial charge in [-0.3, -0.25) is 0 Å². The van der Waals surface area contributed by atoms with E-state index in [1.165, 1.54) is 12.1 Å². The average Bonchev–Trinajstić information content (AvgIpc) is 2.16. The summed E-state index contributed by atoms with van der Waals surface area (Å²) in [5.74, 6) is -0.514. The van der Waals surface area contributed by atoms with E-state index in [-0.39, 0.29) is 0 Å². The quantitative estimate of drug-likeness (QED) is 0.730. The molecule has 1 rings (SSSR count). The summed E-state index contributed by atoms with van der Waals surface area (Å²) in [6.45, 7) is 1.83. The third kappa shape index (κ3) is 2.84. The minimum Gasteiger partial charge on any atom is -0.426 e. The highest BCUT2D eigenvalue weighted by Crippen LogP contribution is 2.37. The first kappa shape index (κ1) is 12.7. The second-order valence-electron chi connectivity index (χ2n) is 3.11. The summed E-state index contributed by atoms with van der Waals surface area (Å²) < 4.78 is 63.9. The Kier molecular flexibility index (Phi) is 3.40. The van der Waals surface area contributed by atoms with E-state index in [2.05, 4.69) is 4.74 Å². The van der Waals surface area contributed by atoms with Crippen molar-refractivity contribution in [1.82, 2.24) is 0 Å². The van der Waals surface area contributed by atoms with Crippen molar-refractivity contribution in [1.29, 1.82) is 0 Å². The smallest absolute Gasteiger partial charge is 0.426 e. The molecule has 0 N–H and O–H groups in total. The molecule has 0 spiro atoms. The van der Waals surface area contributed by atoms with E-state index >= 15 is 0 Å². The van der Waals surface area contributed by atoms with Gasteiger partial charge in [-0.15, -0.1) is 0 Å². The highest BCUT2D eigenvalue weighted by Gasteiger charge is 2.61. The molecular weight excluding hydrogens is 231 g/mol. The fourth-order valence-electron chi connectivity index (χ4n) is 0.999. The molecule has 0 fully saturated rings. The maximum absolute atomic E-state index is 12.5. The van der Waals surface area contributed by atoms with Crippen LogP contribution in [0.15, 0.2) is 24.3 Å². The van der Waals surface area contributed by atoms with Crippen molar-refractivity contribution in [2.45, 2.75) is 25.6 Å². The molecule has 0 aliphatic heterocycles. The molecule has 1 nitrogen and oxygen atoms in total. The Morgan fingerprint density at radius 1 is 1.00 bits per heavy atom. The van der Waals surface area contributed by atoms with Crippen molar-refractivity contribution in [3.05, 3.63) is 29.8 Å². The fraction of sp³-hybridized carbons (Fsp3) is 0.400. The molecule has 0 amide bonds. The Hall–Kier alpha value is -1.33. The van der Waals surface area contributed by atoms with Crippen LogP contribution in [0, 0.1) is 0 Å². The number of benzene rings is 1. The minimum absolute atomic E-state index is 0.514. The summed E-state index contributed by atoms with van der Waals surface area (Å²) in [5, 5.41) is 0. The van der Waals surface area contributed by atoms with Crippen molar-refractivity contribution >= 4 is 0 Å². The molecule has 6 heteroatoms. The molecule has 0 saturated carbocycles. The average molecular weight is 240 g/mol. The lowest BCUT2D eigenvalue weighted by atomic mass is 10.2. The summed E-state index contributed by atoms with van der Waals surface area (Å²) in [6, 6.07) is 5.03. The van der Waals surface area contributed by atoms with Crippen molar-refractivity contribution in [2.24, 2.45) is 0 Å². The highest BCUT2D eigenvalue weighted by molar-refractivity contribution is 5.27. The molecule has 1 aromatic carbocycles. The summed E-state index contributed by atoms with van der Waals surface area (Å²) in [5.41, 5.74) is 0.822. The first-order valence-electron chi connectivity index (χ1n) is 4.49. The maximum atomic E-state index is 12.5. The topological polar surface area (TPSA) is 9.23 Å². The number of rotatable bonds is 3. The van der Waals surface area contributed by atoms with Gasteiger partial charge in [0.25, 0.3) is 0 Å². The highest BCUT2D eigenvalue weighted by atomic mass is 19.4. The Labute approximate surface area is 88.8 Å². The lowest BCUT2D eigenvalue weighted by Gasteiger charge is -2.20. The summed E-state index contributed by atoms with van der Waals surface area (Å²) in [6.07, 6.45) is -10.2. The van der Waals surface area contributed by atoms with Gasteiger partial charge in [0.15, 0.2) is 0 Å². The number of hydrogen-bond donors (Lipinski definition) is 0. The van der Waals surface area contributed by atoms with Crippen molar-refractivity contribution in [3.63, 3.8) is 0 Å². The molecule has 0 radical (unpaired) electrons. The van der Waals surface area contributed by atoms with Crippen LogP contribution in [-0.4, -0.2) is 12.3 Å². The third-order valence-corrected chi connectivity index (χ3v) is 1.91. The van der Waals surface area contributed by atoms with Crippen LogP contribution in [0.1, 0.15) is 12.5 Å². The van der Waals surface area contributed by atoms with Gasteiger partial charge in [0.1, 0.15) is 5.75 Å². The van der Waals surface area contributed by atoms with E-state index in [0.717, 1.165) is 17.7 Å². The SMILES string of the molecule is CCc1ccc(OC(F)(F)C(F)(F)F)cc1. The Morgan fingerprint density at radius 3 is 1.88 bits per heavy atom. The van der Waals surface area contributed by atoms with Crippen LogP contribution >= 0.6 is 0 Å². The lowest BCUT2D eigenvalue weighted by Crippen LogP contribution is -2.41. The van der Waals surface area contributed by atoms with Gasteiger partial charge in [-0.05, 0) is 24.1 Å². The standard InChI is InChI=1S/C10H9F5O/c1-2-7-3-5-8(6-4-7)16-10(14,15)9(11,12)13/h3-6H,2H2,1H3. The molecule has 0 aliphatic carbocycles. The van der Waals surface area contributed by atoms with Crippen LogP contribution in [0.3, 0.4) is 0 Å². The van der Waals surface area contributed by atoms with Gasteiger partial charge >= 0.3 is 12.3 Å². The van der Waals surface area contributed by atoms with Crippen LogP contribution in [0.25, 0.3) is 0 Å². The third-order valence-electron chi connectivity index (χ3n) is 1.91. The molecule has 0 aliphatic rings. The molecule has 0 unspecified atom stereocenters. The fourth-order valence-corrected chi connectivity index (χ4v) is 0.999. The van der Waals surface area contributed by atoms with Crippen molar-refractivity contribution < 1.29 is 26.7 Å². The van der Waals surface area contributed by atoms with Gasteiger partial charge in [0.2, 0.25) is 0 Å². The zero-order valence-corrected chi connectivity index (χ0v) is 8.31. The van der Waals surface area contributed by atoms with Gasteiger partial charge in [-0.1, -0.05) is 19.1 Å². The zero-order chi connectivity index (χ0) is 12.4. The second-order valence-corrected chi connectivity index (χ2v) is 3.11. The number of halogens is 5. The Balaban J connectivity index is 2.80. The molecule has 1 aromatic rings. The summed E-state index contributed by atoms with van der Waals surface area (Å²) in [7, 11) is 0. The molecule has 0 saturated heterocycles. The second kappa shape index (κ2) is 4.27. The summed E-state index contributed by atoms with van der Waals surface area (Å²) in [4.78, 5) is 0. The number of hydrogen-bond acceptors (Lipinski definition) is 1. The zero-order valence-electron chi connectivity index (χ0n) is 8.31. The molecule has 16 heavy (non-hydrogen) atoms. The molecule has 90 valence electrons. The van der Waals surface area contributed by atoms with Crippen LogP contribution < -0.4 is 4.74 Å². The normalized spacial score (nSPS) is 12.6. The molecule has 0 bridgehead atoms. The van der Waals surface area contributed by atoms with E-state index in [0.29, 0.717) is 6.42 Å². The monoisotopic (exact) mass is 240 g/mol. The van der Waals surface area contributed by atoms with E-state index in [1.54, 1.807) is 0 Å². The van der Waals surface area contributed by atoms with Gasteiger partial charge in [-0.25, -0.2) is 0 Å². The van der Waals surface area contributed by atoms with E-state index in [1.807, 2.05) is 6.92 Å². The number of alkyl halides is 5. The van der Waals surface area contributed by atoms with Crippen LogP contribution in [0.4, 0.5) is 22.0 Å². The minimum atomic E-state index is -5.71. The lowest BCUT2D eigenvalue weighted by molar-refractivity contribution is -0.360. The predicted octanol–water partition coefficient (Wildman–Crippen LogP) is 3.78. The van der Waals surface area contributed by atoms with Crippen LogP contribution in [0.5, 0.6) is 5.75 Å². The van der Waals surface area contributed by atoms with Gasteiger partial charge in [0, 0.05) is 0 Å². The predicted molar refractivity (Wildman–Crippen MR) is 47.5 cm³/mol. The number of aryl methyl sites for hydroxylation is 1. The number of ether oxygens (including phenoxy) is 1. The Morgan fingerprint density at radius 2 is 1.50 bits per heavy atom. The maximum Gasteiger partial charge on any atom is 0.499 e. The van der Waals surface area contributed by atoms with Crippen molar-refractivity contribution in [2.75, 3.05) is 0 Å². The van der Waals surface area contributed by atoms with Crippen LogP contribution in [0.2, 0.25) is 0 Å². The molecular formula is C10H9F5O. The molecule has 0 atom stereocenters. The first-order chi connectivity index (χ1) is 7.26. The van der Waals surface area contributed by atoms with E-state index in [9.17, 15) is 22.0 Å².